The number of nitrogens with zero attached hydrogens (tertiary/aromatic N) is 9. The third-order valence-corrected chi connectivity index (χ3v) is 10.7. The Morgan fingerprint density at radius 1 is 0.831 bits per heavy atom. The number of benzene rings is 4. The molecular weight excluding hydrogens is 843 g/mol. The number of hydrogen-bond acceptors (Lipinski definition) is 16. The average molecular weight is 872 g/mol. The van der Waals surface area contributed by atoms with Crippen molar-refractivity contribution >= 4 is 88.4 Å². The van der Waals surface area contributed by atoms with Crippen LogP contribution in [-0.2, 0) is 26.7 Å². The number of nitrogen functional groups attached to an aromatic ring is 1. The lowest BCUT2D eigenvalue weighted by Crippen LogP contribution is -2.21. The average Bonchev–Trinajstić information content (AvgIpc) is 3.16. The monoisotopic (exact) mass is 871 g/mol. The van der Waals surface area contributed by atoms with E-state index in [2.05, 4.69) is 45.7 Å². The molecule has 4 aromatic carbocycles. The molecule has 0 unspecified atom stereocenters. The normalized spacial score (nSPS) is 12.2. The Morgan fingerprint density at radius 2 is 1.49 bits per heavy atom. The number of aromatic hydroxyl groups is 1. The van der Waals surface area contributed by atoms with Gasteiger partial charge in [-0.2, -0.15) is 35.1 Å². The standard InChI is InChI=1S/C35H29ClF3N11O7S2/c1-17-12-19-13-24(59(55,56)57)30(49-46-20-7-5-18(6-8-20)4-3-11-50(2)35-26(36)32(38)41-16-44-35)28(40)25(19)31(51)29(17)48-47-22-14-21(9-10-23(22)58(52,53)54)45-34-27(37)33(39)42-15-43-34/h5-10,12-16,51H,3-4,11,40H2,1-2H3,(H,42,43,45)(H,52,53,54)(H,55,56,57). The smallest absolute Gasteiger partial charge is 0.296 e. The van der Waals surface area contributed by atoms with Gasteiger partial charge in [0.25, 0.3) is 26.2 Å². The largest absolute Gasteiger partial charge is 0.505 e. The maximum Gasteiger partial charge on any atom is 0.296 e. The van der Waals surface area contributed by atoms with Gasteiger partial charge in [-0.1, -0.05) is 23.7 Å². The molecule has 2 heterocycles. The van der Waals surface area contributed by atoms with Crippen LogP contribution in [0.5, 0.6) is 5.75 Å². The molecule has 24 heteroatoms. The number of aromatic nitrogens is 4. The van der Waals surface area contributed by atoms with E-state index in [1.807, 2.05) is 0 Å². The van der Waals surface area contributed by atoms with Gasteiger partial charge in [0, 0.05) is 19.3 Å². The number of halogens is 4. The van der Waals surface area contributed by atoms with E-state index in [0.29, 0.717) is 19.4 Å². The molecule has 6 N–H and O–H groups in total. The number of phenols is 1. The van der Waals surface area contributed by atoms with Gasteiger partial charge in [0.2, 0.25) is 11.8 Å². The molecule has 18 nitrogen and oxygen atoms in total. The molecule has 0 spiro atoms. The molecule has 0 aliphatic carbocycles. The second-order valence-corrected chi connectivity index (χ2v) is 15.8. The maximum absolute atomic E-state index is 14.2. The highest BCUT2D eigenvalue weighted by atomic mass is 35.5. The summed E-state index contributed by atoms with van der Waals surface area (Å²) in [4.78, 5) is 14.3. The summed E-state index contributed by atoms with van der Waals surface area (Å²) in [5.41, 5.74) is 5.84. The van der Waals surface area contributed by atoms with Crippen molar-refractivity contribution in [1.82, 2.24) is 19.9 Å². The van der Waals surface area contributed by atoms with E-state index in [1.165, 1.54) is 13.0 Å². The third-order valence-electron chi connectivity index (χ3n) is 8.57. The Morgan fingerprint density at radius 3 is 2.19 bits per heavy atom. The Bertz CT molecular complexity index is 2910. The highest BCUT2D eigenvalue weighted by Crippen LogP contribution is 2.47. The van der Waals surface area contributed by atoms with Crippen molar-refractivity contribution in [3.63, 3.8) is 0 Å². The predicted octanol–water partition coefficient (Wildman–Crippen LogP) is 8.22. The van der Waals surface area contributed by atoms with Gasteiger partial charge in [0.15, 0.2) is 17.4 Å². The van der Waals surface area contributed by atoms with E-state index in [0.717, 1.165) is 42.5 Å². The van der Waals surface area contributed by atoms with E-state index >= 15 is 0 Å². The highest BCUT2D eigenvalue weighted by molar-refractivity contribution is 7.86. The summed E-state index contributed by atoms with van der Waals surface area (Å²) in [6.07, 6.45) is 3.05. The zero-order valence-electron chi connectivity index (χ0n) is 30.4. The molecule has 2 aromatic heterocycles. The first kappa shape index (κ1) is 42.2. The Hall–Kier alpha value is -6.40. The Labute approximate surface area is 337 Å². The third kappa shape index (κ3) is 9.34. The predicted molar refractivity (Wildman–Crippen MR) is 209 cm³/mol. The first-order chi connectivity index (χ1) is 27.8. The number of rotatable bonds is 13. The van der Waals surface area contributed by atoms with Crippen LogP contribution < -0.4 is 16.0 Å². The lowest BCUT2D eigenvalue weighted by molar-refractivity contribution is 0.476. The second-order valence-electron chi connectivity index (χ2n) is 12.6. The van der Waals surface area contributed by atoms with Gasteiger partial charge in [0.05, 0.1) is 16.8 Å². The van der Waals surface area contributed by atoms with Crippen LogP contribution in [0.4, 0.5) is 58.9 Å². The fraction of sp³-hybridized carbons (Fsp3) is 0.143. The van der Waals surface area contributed by atoms with Crippen LogP contribution in [0, 0.1) is 24.6 Å². The van der Waals surface area contributed by atoms with Gasteiger partial charge >= 0.3 is 0 Å². The van der Waals surface area contributed by atoms with Gasteiger partial charge in [0.1, 0.15) is 44.5 Å². The molecule has 6 rings (SSSR count). The van der Waals surface area contributed by atoms with Gasteiger partial charge in [-0.25, -0.2) is 19.9 Å². The molecule has 6 aromatic rings. The Kier molecular flexibility index (Phi) is 12.0. The molecule has 306 valence electrons. The van der Waals surface area contributed by atoms with Gasteiger partial charge in [-0.3, -0.25) is 9.11 Å². The quantitative estimate of drug-likeness (QED) is 0.0317. The minimum Gasteiger partial charge on any atom is -0.505 e. The van der Waals surface area contributed by atoms with Crippen molar-refractivity contribution in [2.24, 2.45) is 20.5 Å². The number of anilines is 4. The molecule has 0 saturated heterocycles. The molecule has 0 fully saturated rings. The number of nitrogens with two attached hydrogens (primary N) is 1. The summed E-state index contributed by atoms with van der Waals surface area (Å²) < 4.78 is 111. The number of phenolic OH excluding ortho intramolecular Hbond substituents is 1. The van der Waals surface area contributed by atoms with Crippen molar-refractivity contribution in [2.45, 2.75) is 29.6 Å². The fourth-order valence-electron chi connectivity index (χ4n) is 5.74. The van der Waals surface area contributed by atoms with Crippen LogP contribution in [-0.4, -0.2) is 64.6 Å². The molecule has 0 amide bonds. The minimum absolute atomic E-state index is 0.0223. The van der Waals surface area contributed by atoms with Crippen LogP contribution in [0.15, 0.2) is 97.5 Å². The number of aryl methyl sites for hydroxylation is 2. The number of nitrogens with one attached hydrogen (secondary N) is 1. The van der Waals surface area contributed by atoms with Crippen LogP contribution in [0.3, 0.4) is 0 Å². The van der Waals surface area contributed by atoms with Crippen LogP contribution in [0.1, 0.15) is 17.5 Å². The fourth-order valence-corrected chi connectivity index (χ4v) is 7.25. The van der Waals surface area contributed by atoms with Crippen molar-refractivity contribution < 1.29 is 44.2 Å². The molecule has 0 atom stereocenters. The lowest BCUT2D eigenvalue weighted by atomic mass is 10.0. The summed E-state index contributed by atoms with van der Waals surface area (Å²) in [6.45, 7) is 1.93. The van der Waals surface area contributed by atoms with E-state index in [4.69, 9.17) is 17.3 Å². The molecular formula is C35H29ClF3N11O7S2. The van der Waals surface area contributed by atoms with E-state index < -0.39 is 76.4 Å². The van der Waals surface area contributed by atoms with Crippen molar-refractivity contribution in [2.75, 3.05) is 29.5 Å². The highest BCUT2D eigenvalue weighted by Gasteiger charge is 2.25. The number of fused-ring (bicyclic) bond motifs is 1. The van der Waals surface area contributed by atoms with E-state index in [1.54, 1.807) is 36.2 Å². The van der Waals surface area contributed by atoms with Crippen LogP contribution in [0.2, 0.25) is 5.02 Å². The van der Waals surface area contributed by atoms with Gasteiger partial charge < -0.3 is 21.1 Å². The molecule has 0 saturated carbocycles. The van der Waals surface area contributed by atoms with Gasteiger partial charge in [-0.15, -0.1) is 15.3 Å². The van der Waals surface area contributed by atoms with Crippen molar-refractivity contribution in [3.8, 4) is 5.75 Å². The van der Waals surface area contributed by atoms with Crippen molar-refractivity contribution in [1.29, 1.82) is 0 Å². The van der Waals surface area contributed by atoms with Crippen LogP contribution >= 0.6 is 11.6 Å². The first-order valence-corrected chi connectivity index (χ1v) is 20.0. The first-order valence-electron chi connectivity index (χ1n) is 16.7. The summed E-state index contributed by atoms with van der Waals surface area (Å²) in [6, 6.07) is 12.1. The summed E-state index contributed by atoms with van der Waals surface area (Å²) >= 11 is 5.97. The number of hydrogen-bond donors (Lipinski definition) is 5. The SMILES string of the molecule is Cc1cc2cc(S(=O)(=O)O)c(N=Nc3ccc(CCCN(C)c4ncnc(F)c4Cl)cc3)c(N)c2c(O)c1N=Nc1cc(Nc2ncnc(F)c2F)ccc1S(=O)(=O)O. The second kappa shape index (κ2) is 16.8. The summed E-state index contributed by atoms with van der Waals surface area (Å²) in [7, 11) is -8.19. The molecule has 0 aliphatic rings. The zero-order valence-corrected chi connectivity index (χ0v) is 32.8. The van der Waals surface area contributed by atoms with Crippen LogP contribution in [0.25, 0.3) is 10.8 Å². The molecule has 59 heavy (non-hydrogen) atoms. The maximum atomic E-state index is 14.2. The lowest BCUT2D eigenvalue weighted by Gasteiger charge is -2.18. The Balaban J connectivity index is 1.30. The van der Waals surface area contributed by atoms with E-state index in [-0.39, 0.29) is 44.2 Å². The molecule has 0 bridgehead atoms. The number of azo groups is 2. The van der Waals surface area contributed by atoms with E-state index in [9.17, 15) is 44.2 Å². The molecule has 0 radical (unpaired) electrons. The summed E-state index contributed by atoms with van der Waals surface area (Å²) in [5, 5.41) is 29.5. The topological polar surface area (TPSA) is 271 Å². The zero-order chi connectivity index (χ0) is 42.8. The van der Waals surface area contributed by atoms with Gasteiger partial charge in [-0.05, 0) is 78.7 Å². The summed E-state index contributed by atoms with van der Waals surface area (Å²) in [5.74, 6) is -4.73. The minimum atomic E-state index is -4.97. The molecule has 0 aliphatic heterocycles. The van der Waals surface area contributed by atoms with Crippen molar-refractivity contribution in [3.05, 3.63) is 101 Å².